The summed E-state index contributed by atoms with van der Waals surface area (Å²) < 4.78 is 34.9. The average molecular weight is 340 g/mol. The van der Waals surface area contributed by atoms with E-state index in [1.807, 2.05) is 0 Å². The van der Waals surface area contributed by atoms with E-state index in [-0.39, 0.29) is 12.3 Å². The van der Waals surface area contributed by atoms with Gasteiger partial charge in [-0.1, -0.05) is 12.1 Å². The van der Waals surface area contributed by atoms with Crippen LogP contribution in [0.4, 0.5) is 19.4 Å². The van der Waals surface area contributed by atoms with Crippen LogP contribution in [0.15, 0.2) is 36.5 Å². The van der Waals surface area contributed by atoms with Crippen molar-refractivity contribution in [3.8, 4) is 5.75 Å². The summed E-state index contributed by atoms with van der Waals surface area (Å²) in [4.78, 5) is 11.8. The number of ether oxygens (including phenoxy) is 2. The van der Waals surface area contributed by atoms with Crippen LogP contribution < -0.4 is 15.4 Å². The number of benzene rings is 1. The summed E-state index contributed by atoms with van der Waals surface area (Å²) in [5.74, 6) is 0.490. The van der Waals surface area contributed by atoms with Gasteiger partial charge in [-0.15, -0.1) is 0 Å². The molecule has 0 spiro atoms. The summed E-state index contributed by atoms with van der Waals surface area (Å²) in [6.07, 6.45) is 1.73. The summed E-state index contributed by atoms with van der Waals surface area (Å²) >= 11 is 0. The van der Waals surface area contributed by atoms with Crippen molar-refractivity contribution in [1.29, 1.82) is 0 Å². The maximum absolute atomic E-state index is 12.1. The zero-order chi connectivity index (χ0) is 17.4. The Hall–Kier alpha value is -2.68. The standard InChI is InChI=1S/C15H18F2N4O3/c1-23-9-8-21-7-6-13(20-21)19-15(22)18-10-11-2-4-12(5-3-11)24-14(16)17/h2-7,14H,8-10H2,1H3,(H2,18,19,20,22). The lowest BCUT2D eigenvalue weighted by Gasteiger charge is -2.07. The van der Waals surface area contributed by atoms with Gasteiger partial charge in [-0.3, -0.25) is 10.00 Å². The molecule has 2 N–H and O–H groups in total. The van der Waals surface area contributed by atoms with Gasteiger partial charge in [-0.2, -0.15) is 13.9 Å². The molecule has 0 unspecified atom stereocenters. The number of anilines is 1. The van der Waals surface area contributed by atoms with E-state index in [0.717, 1.165) is 5.56 Å². The van der Waals surface area contributed by atoms with Crippen molar-refractivity contribution < 1.29 is 23.0 Å². The van der Waals surface area contributed by atoms with E-state index in [9.17, 15) is 13.6 Å². The molecule has 2 aromatic rings. The average Bonchev–Trinajstić information content (AvgIpc) is 2.99. The lowest BCUT2D eigenvalue weighted by atomic mass is 10.2. The number of aromatic nitrogens is 2. The van der Waals surface area contributed by atoms with Crippen molar-refractivity contribution in [2.75, 3.05) is 19.0 Å². The Kier molecular flexibility index (Phi) is 6.50. The third kappa shape index (κ3) is 5.84. The maximum atomic E-state index is 12.1. The first-order valence-electron chi connectivity index (χ1n) is 7.18. The number of rotatable bonds is 8. The van der Waals surface area contributed by atoms with Crippen LogP contribution in [0.2, 0.25) is 0 Å². The Labute approximate surface area is 137 Å². The number of carbonyl (C=O) groups excluding carboxylic acids is 1. The fourth-order valence-corrected chi connectivity index (χ4v) is 1.87. The molecular weight excluding hydrogens is 322 g/mol. The number of alkyl halides is 2. The number of hydrogen-bond acceptors (Lipinski definition) is 4. The first-order valence-corrected chi connectivity index (χ1v) is 7.18. The largest absolute Gasteiger partial charge is 0.435 e. The molecular formula is C15H18F2N4O3. The zero-order valence-electron chi connectivity index (χ0n) is 13.0. The fraction of sp³-hybridized carbons (Fsp3) is 0.333. The second-order valence-electron chi connectivity index (χ2n) is 4.79. The Morgan fingerprint density at radius 3 is 2.71 bits per heavy atom. The van der Waals surface area contributed by atoms with E-state index in [2.05, 4.69) is 20.5 Å². The number of amides is 2. The van der Waals surface area contributed by atoms with Crippen molar-refractivity contribution in [3.63, 3.8) is 0 Å². The van der Waals surface area contributed by atoms with Gasteiger partial charge in [0.1, 0.15) is 5.75 Å². The molecule has 0 radical (unpaired) electrons. The molecule has 130 valence electrons. The van der Waals surface area contributed by atoms with Crippen molar-refractivity contribution >= 4 is 11.8 Å². The van der Waals surface area contributed by atoms with Crippen molar-refractivity contribution in [1.82, 2.24) is 15.1 Å². The van der Waals surface area contributed by atoms with E-state index in [1.165, 1.54) is 12.1 Å². The third-order valence-electron chi connectivity index (χ3n) is 3.01. The highest BCUT2D eigenvalue weighted by molar-refractivity contribution is 5.88. The molecule has 1 aromatic carbocycles. The van der Waals surface area contributed by atoms with Gasteiger partial charge in [0, 0.05) is 25.9 Å². The molecule has 1 heterocycles. The second kappa shape index (κ2) is 8.82. The lowest BCUT2D eigenvalue weighted by molar-refractivity contribution is -0.0498. The van der Waals surface area contributed by atoms with Crippen LogP contribution in [0.1, 0.15) is 5.56 Å². The number of methoxy groups -OCH3 is 1. The number of hydrogen-bond donors (Lipinski definition) is 2. The molecule has 0 fully saturated rings. The molecule has 0 saturated carbocycles. The Morgan fingerprint density at radius 2 is 2.04 bits per heavy atom. The molecule has 0 bridgehead atoms. The number of halogens is 2. The van der Waals surface area contributed by atoms with Gasteiger partial charge < -0.3 is 14.8 Å². The third-order valence-corrected chi connectivity index (χ3v) is 3.01. The summed E-state index contributed by atoms with van der Waals surface area (Å²) in [6, 6.07) is 7.28. The van der Waals surface area contributed by atoms with Gasteiger partial charge in [-0.05, 0) is 17.7 Å². The highest BCUT2D eigenvalue weighted by Crippen LogP contribution is 2.14. The van der Waals surface area contributed by atoms with Crippen LogP contribution >= 0.6 is 0 Å². The number of nitrogens with one attached hydrogen (secondary N) is 2. The monoisotopic (exact) mass is 340 g/mol. The van der Waals surface area contributed by atoms with Crippen LogP contribution in [-0.4, -0.2) is 36.1 Å². The predicted molar refractivity (Wildman–Crippen MR) is 83.0 cm³/mol. The van der Waals surface area contributed by atoms with E-state index >= 15 is 0 Å². The van der Waals surface area contributed by atoms with E-state index in [4.69, 9.17) is 4.74 Å². The highest BCUT2D eigenvalue weighted by Gasteiger charge is 2.06. The summed E-state index contributed by atoms with van der Waals surface area (Å²) in [6.45, 7) is -1.50. The van der Waals surface area contributed by atoms with Crippen molar-refractivity contribution in [2.24, 2.45) is 0 Å². The molecule has 24 heavy (non-hydrogen) atoms. The molecule has 0 aliphatic carbocycles. The maximum Gasteiger partial charge on any atom is 0.387 e. The molecule has 0 aliphatic rings. The smallest absolute Gasteiger partial charge is 0.387 e. The number of carbonyl (C=O) groups is 1. The fourth-order valence-electron chi connectivity index (χ4n) is 1.87. The molecule has 0 saturated heterocycles. The van der Waals surface area contributed by atoms with Crippen LogP contribution in [0.25, 0.3) is 0 Å². The molecule has 2 rings (SSSR count). The summed E-state index contributed by atoms with van der Waals surface area (Å²) in [5.41, 5.74) is 0.748. The lowest BCUT2D eigenvalue weighted by Crippen LogP contribution is -2.28. The minimum Gasteiger partial charge on any atom is -0.435 e. The van der Waals surface area contributed by atoms with Crippen LogP contribution in [0.5, 0.6) is 5.75 Å². The van der Waals surface area contributed by atoms with Gasteiger partial charge in [-0.25, -0.2) is 4.79 Å². The van der Waals surface area contributed by atoms with Crippen molar-refractivity contribution in [3.05, 3.63) is 42.1 Å². The van der Waals surface area contributed by atoms with Crippen molar-refractivity contribution in [2.45, 2.75) is 19.7 Å². The van der Waals surface area contributed by atoms with Gasteiger partial charge in [0.2, 0.25) is 0 Å². The Morgan fingerprint density at radius 1 is 1.29 bits per heavy atom. The highest BCUT2D eigenvalue weighted by atomic mass is 19.3. The van der Waals surface area contributed by atoms with E-state index in [1.54, 1.807) is 36.2 Å². The molecule has 0 aliphatic heterocycles. The molecule has 0 atom stereocenters. The quantitative estimate of drug-likeness (QED) is 0.774. The SMILES string of the molecule is COCCn1ccc(NC(=O)NCc2ccc(OC(F)F)cc2)n1. The minimum absolute atomic E-state index is 0.0693. The van der Waals surface area contributed by atoms with Gasteiger partial charge in [0.25, 0.3) is 0 Å². The normalized spacial score (nSPS) is 10.7. The summed E-state index contributed by atoms with van der Waals surface area (Å²) in [5, 5.41) is 9.41. The first-order chi connectivity index (χ1) is 11.6. The Balaban J connectivity index is 1.77. The van der Waals surface area contributed by atoms with Crippen LogP contribution in [0.3, 0.4) is 0 Å². The number of urea groups is 1. The minimum atomic E-state index is -2.86. The zero-order valence-corrected chi connectivity index (χ0v) is 13.0. The Bertz CT molecular complexity index is 646. The predicted octanol–water partition coefficient (Wildman–Crippen LogP) is 2.45. The molecule has 2 amide bonds. The van der Waals surface area contributed by atoms with Crippen LogP contribution in [-0.2, 0) is 17.8 Å². The van der Waals surface area contributed by atoms with Gasteiger partial charge in [0.05, 0.1) is 13.2 Å². The topological polar surface area (TPSA) is 77.4 Å². The van der Waals surface area contributed by atoms with Gasteiger partial charge in [0.15, 0.2) is 5.82 Å². The second-order valence-corrected chi connectivity index (χ2v) is 4.79. The first kappa shape index (κ1) is 17.7. The molecule has 7 nitrogen and oxygen atoms in total. The van der Waals surface area contributed by atoms with E-state index in [0.29, 0.717) is 19.0 Å². The van der Waals surface area contributed by atoms with Gasteiger partial charge >= 0.3 is 12.6 Å². The molecule has 1 aromatic heterocycles. The number of nitrogens with zero attached hydrogens (tertiary/aromatic N) is 2. The molecule has 9 heteroatoms. The van der Waals surface area contributed by atoms with Crippen LogP contribution in [0, 0.1) is 0 Å². The summed E-state index contributed by atoms with van der Waals surface area (Å²) in [7, 11) is 1.60. The van der Waals surface area contributed by atoms with E-state index < -0.39 is 12.6 Å².